The summed E-state index contributed by atoms with van der Waals surface area (Å²) >= 11 is 0. The monoisotopic (exact) mass is 509 g/mol. The maximum atomic E-state index is 12.7. The minimum atomic E-state index is -0.768. The number of piperazine rings is 1. The smallest absolute Gasteiger partial charge is 0.262 e. The third-order valence-corrected chi connectivity index (χ3v) is 6.99. The van der Waals surface area contributed by atoms with E-state index in [9.17, 15) is 19.6 Å². The van der Waals surface area contributed by atoms with Crippen LogP contribution in [0.5, 0.6) is 5.75 Å². The van der Waals surface area contributed by atoms with Gasteiger partial charge in [0, 0.05) is 43.9 Å². The Morgan fingerprint density at radius 2 is 1.62 bits per heavy atom. The SMILES string of the molecule is O=C(NCC(C(=O)NO)N1CCN(C(=O)c2ccccc2)CC1)c1ccc(OCC2CCNCC2)cc1. The highest BCUT2D eigenvalue weighted by Crippen LogP contribution is 2.17. The van der Waals surface area contributed by atoms with Gasteiger partial charge in [-0.05, 0) is 68.2 Å². The van der Waals surface area contributed by atoms with Crippen molar-refractivity contribution in [3.8, 4) is 5.75 Å². The van der Waals surface area contributed by atoms with Crippen LogP contribution in [0, 0.1) is 5.92 Å². The molecule has 2 fully saturated rings. The Bertz CT molecular complexity index is 1030. The van der Waals surface area contributed by atoms with Crippen molar-refractivity contribution in [2.45, 2.75) is 18.9 Å². The molecule has 10 heteroatoms. The van der Waals surface area contributed by atoms with Crippen molar-refractivity contribution in [2.24, 2.45) is 5.92 Å². The third-order valence-electron chi connectivity index (χ3n) is 6.99. The summed E-state index contributed by atoms with van der Waals surface area (Å²) in [6, 6.07) is 15.2. The van der Waals surface area contributed by atoms with Crippen molar-refractivity contribution in [3.63, 3.8) is 0 Å². The molecule has 0 aliphatic carbocycles. The number of rotatable bonds is 9. The molecule has 0 saturated carbocycles. The minimum Gasteiger partial charge on any atom is -0.493 e. The predicted octanol–water partition coefficient (Wildman–Crippen LogP) is 1.13. The quantitative estimate of drug-likeness (QED) is 0.295. The first-order valence-corrected chi connectivity index (χ1v) is 12.8. The lowest BCUT2D eigenvalue weighted by Gasteiger charge is -2.38. The second kappa shape index (κ2) is 13.2. The summed E-state index contributed by atoms with van der Waals surface area (Å²) in [4.78, 5) is 41.4. The molecular weight excluding hydrogens is 474 g/mol. The number of carbonyl (C=O) groups is 3. The summed E-state index contributed by atoms with van der Waals surface area (Å²) in [5.41, 5.74) is 2.78. The van der Waals surface area contributed by atoms with Gasteiger partial charge in [-0.1, -0.05) is 18.2 Å². The number of ether oxygens (including phenoxy) is 1. The van der Waals surface area contributed by atoms with E-state index < -0.39 is 11.9 Å². The number of piperidine rings is 1. The number of nitrogens with zero attached hydrogens (tertiary/aromatic N) is 2. The Balaban J connectivity index is 1.27. The zero-order valence-electron chi connectivity index (χ0n) is 20.9. The van der Waals surface area contributed by atoms with Gasteiger partial charge in [0.05, 0.1) is 6.61 Å². The molecule has 2 heterocycles. The van der Waals surface area contributed by atoms with Crippen LogP contribution < -0.4 is 20.9 Å². The maximum Gasteiger partial charge on any atom is 0.262 e. The first kappa shape index (κ1) is 26.6. The van der Waals surface area contributed by atoms with Crippen LogP contribution >= 0.6 is 0 Å². The molecule has 0 spiro atoms. The molecule has 3 amide bonds. The maximum absolute atomic E-state index is 12.7. The number of nitrogens with one attached hydrogen (secondary N) is 3. The molecule has 0 aromatic heterocycles. The van der Waals surface area contributed by atoms with Crippen LogP contribution in [0.2, 0.25) is 0 Å². The highest BCUT2D eigenvalue weighted by atomic mass is 16.5. The highest BCUT2D eigenvalue weighted by molar-refractivity contribution is 5.95. The summed E-state index contributed by atoms with van der Waals surface area (Å²) < 4.78 is 5.88. The Morgan fingerprint density at radius 3 is 2.27 bits per heavy atom. The van der Waals surface area contributed by atoms with Crippen molar-refractivity contribution in [1.82, 2.24) is 25.9 Å². The van der Waals surface area contributed by atoms with Gasteiger partial charge in [0.25, 0.3) is 17.7 Å². The Kier molecular flexibility index (Phi) is 9.47. The van der Waals surface area contributed by atoms with E-state index in [4.69, 9.17) is 4.74 Å². The van der Waals surface area contributed by atoms with Crippen molar-refractivity contribution in [1.29, 1.82) is 0 Å². The standard InChI is InChI=1S/C27H35N5O5/c33-25(21-6-8-23(9-7-21)37-19-20-10-12-28-13-11-20)29-18-24(26(34)30-36)31-14-16-32(17-15-31)27(35)22-4-2-1-3-5-22/h1-9,20,24,28,36H,10-19H2,(H,29,33)(H,30,34). The lowest BCUT2D eigenvalue weighted by Crippen LogP contribution is -2.58. The van der Waals surface area contributed by atoms with Gasteiger partial charge in [-0.2, -0.15) is 0 Å². The topological polar surface area (TPSA) is 123 Å². The van der Waals surface area contributed by atoms with Crippen LogP contribution in [-0.4, -0.2) is 91.2 Å². The largest absolute Gasteiger partial charge is 0.493 e. The van der Waals surface area contributed by atoms with Crippen molar-refractivity contribution >= 4 is 17.7 Å². The van der Waals surface area contributed by atoms with E-state index in [0.717, 1.165) is 31.7 Å². The Hall–Kier alpha value is -3.47. The third kappa shape index (κ3) is 7.28. The number of benzene rings is 2. The fraction of sp³-hybridized carbons (Fsp3) is 0.444. The highest BCUT2D eigenvalue weighted by Gasteiger charge is 2.31. The minimum absolute atomic E-state index is 0.0197. The van der Waals surface area contributed by atoms with Crippen LogP contribution in [0.1, 0.15) is 33.6 Å². The van der Waals surface area contributed by atoms with Gasteiger partial charge in [-0.25, -0.2) is 5.48 Å². The molecular formula is C27H35N5O5. The predicted molar refractivity (Wildman–Crippen MR) is 137 cm³/mol. The van der Waals surface area contributed by atoms with E-state index in [2.05, 4.69) is 10.6 Å². The van der Waals surface area contributed by atoms with Crippen LogP contribution in [0.15, 0.2) is 54.6 Å². The van der Waals surface area contributed by atoms with Crippen LogP contribution in [0.25, 0.3) is 0 Å². The van der Waals surface area contributed by atoms with Crippen LogP contribution in [-0.2, 0) is 4.79 Å². The molecule has 4 N–H and O–H groups in total. The van der Waals surface area contributed by atoms with Gasteiger partial charge in [0.2, 0.25) is 0 Å². The summed E-state index contributed by atoms with van der Waals surface area (Å²) in [6.07, 6.45) is 2.20. The Labute approximate surface area is 216 Å². The molecule has 37 heavy (non-hydrogen) atoms. The van der Waals surface area contributed by atoms with Gasteiger partial charge in [0.15, 0.2) is 0 Å². The second-order valence-corrected chi connectivity index (χ2v) is 9.42. The zero-order valence-corrected chi connectivity index (χ0v) is 20.9. The average molecular weight is 510 g/mol. The first-order chi connectivity index (χ1) is 18.0. The van der Waals surface area contributed by atoms with Gasteiger partial charge in [-0.3, -0.25) is 24.5 Å². The molecule has 2 aliphatic heterocycles. The number of carbonyl (C=O) groups excluding carboxylic acids is 3. The molecule has 4 rings (SSSR count). The van der Waals surface area contributed by atoms with Crippen molar-refractivity contribution < 1.29 is 24.3 Å². The second-order valence-electron chi connectivity index (χ2n) is 9.42. The molecule has 2 aromatic carbocycles. The number of amides is 3. The van der Waals surface area contributed by atoms with E-state index in [-0.39, 0.29) is 18.4 Å². The van der Waals surface area contributed by atoms with Gasteiger partial charge >= 0.3 is 0 Å². The van der Waals surface area contributed by atoms with Crippen LogP contribution in [0.4, 0.5) is 0 Å². The molecule has 2 aromatic rings. The van der Waals surface area contributed by atoms with Gasteiger partial charge < -0.3 is 20.3 Å². The molecule has 1 unspecified atom stereocenters. The lowest BCUT2D eigenvalue weighted by molar-refractivity contribution is -0.135. The van der Waals surface area contributed by atoms with E-state index in [0.29, 0.717) is 49.8 Å². The van der Waals surface area contributed by atoms with E-state index >= 15 is 0 Å². The number of hydrogen-bond acceptors (Lipinski definition) is 7. The molecule has 198 valence electrons. The van der Waals surface area contributed by atoms with E-state index in [1.807, 2.05) is 23.1 Å². The van der Waals surface area contributed by atoms with Gasteiger partial charge in [-0.15, -0.1) is 0 Å². The Morgan fingerprint density at radius 1 is 0.946 bits per heavy atom. The molecule has 2 aliphatic rings. The summed E-state index contributed by atoms with van der Waals surface area (Å²) in [5.74, 6) is 0.274. The molecule has 0 bridgehead atoms. The number of hydroxylamine groups is 1. The fourth-order valence-corrected chi connectivity index (χ4v) is 4.72. The summed E-state index contributed by atoms with van der Waals surface area (Å²) in [5, 5.41) is 15.4. The molecule has 10 nitrogen and oxygen atoms in total. The fourth-order valence-electron chi connectivity index (χ4n) is 4.72. The molecule has 0 radical (unpaired) electrons. The molecule has 1 atom stereocenters. The van der Waals surface area contributed by atoms with Crippen LogP contribution in [0.3, 0.4) is 0 Å². The van der Waals surface area contributed by atoms with Crippen molar-refractivity contribution in [3.05, 3.63) is 65.7 Å². The van der Waals surface area contributed by atoms with E-state index in [1.165, 1.54) is 0 Å². The van der Waals surface area contributed by atoms with E-state index in [1.54, 1.807) is 46.8 Å². The number of hydrogen-bond donors (Lipinski definition) is 4. The summed E-state index contributed by atoms with van der Waals surface area (Å²) in [7, 11) is 0. The molecule has 2 saturated heterocycles. The lowest BCUT2D eigenvalue weighted by atomic mass is 9.99. The average Bonchev–Trinajstić information content (AvgIpc) is 2.97. The summed E-state index contributed by atoms with van der Waals surface area (Å²) in [6.45, 7) is 4.48. The van der Waals surface area contributed by atoms with Crippen molar-refractivity contribution in [2.75, 3.05) is 52.4 Å². The van der Waals surface area contributed by atoms with Gasteiger partial charge in [0.1, 0.15) is 11.8 Å². The zero-order chi connectivity index (χ0) is 26.0. The normalized spacial score (nSPS) is 17.6. The first-order valence-electron chi connectivity index (χ1n) is 12.8.